The second kappa shape index (κ2) is 4.71. The summed E-state index contributed by atoms with van der Waals surface area (Å²) >= 11 is 5.68. The maximum absolute atomic E-state index is 12.8. The summed E-state index contributed by atoms with van der Waals surface area (Å²) in [6.45, 7) is 3.78. The van der Waals surface area contributed by atoms with Crippen LogP contribution in [0.1, 0.15) is 43.0 Å². The molecular weight excluding hydrogens is 279 g/mol. The Morgan fingerprint density at radius 3 is 2.63 bits per heavy atom. The first-order valence-electron chi connectivity index (χ1n) is 5.94. The van der Waals surface area contributed by atoms with Crippen molar-refractivity contribution < 1.29 is 18.0 Å². The minimum Gasteiger partial charge on any atom is -0.332 e. The van der Waals surface area contributed by atoms with Gasteiger partial charge in [0.2, 0.25) is 5.91 Å². The lowest BCUT2D eigenvalue weighted by atomic mass is 10.0. The van der Waals surface area contributed by atoms with Gasteiger partial charge in [-0.15, -0.1) is 0 Å². The fourth-order valence-corrected chi connectivity index (χ4v) is 2.66. The van der Waals surface area contributed by atoms with E-state index in [0.717, 1.165) is 6.07 Å². The summed E-state index contributed by atoms with van der Waals surface area (Å²) in [5.41, 5.74) is 0.372. The van der Waals surface area contributed by atoms with Crippen LogP contribution in [0.3, 0.4) is 0 Å². The number of rotatable bonds is 1. The Morgan fingerprint density at radius 1 is 1.47 bits per heavy atom. The van der Waals surface area contributed by atoms with Crippen molar-refractivity contribution in [2.45, 2.75) is 39.0 Å². The zero-order chi connectivity index (χ0) is 14.4. The topological polar surface area (TPSA) is 20.3 Å². The third-order valence-electron chi connectivity index (χ3n) is 3.42. The van der Waals surface area contributed by atoms with Gasteiger partial charge in [0.15, 0.2) is 0 Å². The van der Waals surface area contributed by atoms with Gasteiger partial charge in [0.1, 0.15) is 0 Å². The number of halogens is 4. The average Bonchev–Trinajstić information content (AvgIpc) is 2.63. The number of hydrogen-bond acceptors (Lipinski definition) is 1. The van der Waals surface area contributed by atoms with Crippen LogP contribution in [-0.2, 0) is 17.5 Å². The van der Waals surface area contributed by atoms with Crippen molar-refractivity contribution in [3.8, 4) is 0 Å². The van der Waals surface area contributed by atoms with Crippen molar-refractivity contribution in [2.24, 2.45) is 0 Å². The van der Waals surface area contributed by atoms with Gasteiger partial charge in [0.05, 0.1) is 16.6 Å². The number of amides is 1. The molecule has 19 heavy (non-hydrogen) atoms. The number of alkyl halides is 3. The van der Waals surface area contributed by atoms with Crippen LogP contribution in [0.25, 0.3) is 0 Å². The molecule has 104 valence electrons. The predicted octanol–water partition coefficient (Wildman–Crippen LogP) is 4.17. The first-order chi connectivity index (χ1) is 8.75. The normalized spacial score (nSPS) is 18.6. The highest BCUT2D eigenvalue weighted by atomic mass is 35.5. The van der Waals surface area contributed by atoms with Crippen LogP contribution in [0.5, 0.6) is 0 Å². The molecule has 0 radical (unpaired) electrons. The van der Waals surface area contributed by atoms with E-state index in [4.69, 9.17) is 11.6 Å². The molecule has 0 aliphatic carbocycles. The van der Waals surface area contributed by atoms with E-state index in [-0.39, 0.29) is 17.0 Å². The van der Waals surface area contributed by atoms with Crippen molar-refractivity contribution in [1.29, 1.82) is 0 Å². The first kappa shape index (κ1) is 14.2. The standard InChI is InChI=1S/C13H13ClF3NO/c1-3-12(19)18-6-8-4-11(14)10(13(15,16)17)5-9(8)7(18)2/h4-5,7H,3,6H2,1-2H3. The number of hydrogen-bond donors (Lipinski definition) is 0. The number of benzene rings is 1. The van der Waals surface area contributed by atoms with E-state index >= 15 is 0 Å². The van der Waals surface area contributed by atoms with Crippen LogP contribution in [0.2, 0.25) is 5.02 Å². The quantitative estimate of drug-likeness (QED) is 0.760. The molecule has 1 heterocycles. The van der Waals surface area contributed by atoms with Crippen molar-refractivity contribution in [3.05, 3.63) is 33.8 Å². The lowest BCUT2D eigenvalue weighted by Crippen LogP contribution is -2.27. The van der Waals surface area contributed by atoms with Gasteiger partial charge in [-0.25, -0.2) is 0 Å². The van der Waals surface area contributed by atoms with E-state index in [1.165, 1.54) is 6.07 Å². The highest BCUT2D eigenvalue weighted by Gasteiger charge is 2.37. The molecule has 0 saturated carbocycles. The van der Waals surface area contributed by atoms with Gasteiger partial charge in [-0.2, -0.15) is 13.2 Å². The van der Waals surface area contributed by atoms with Crippen LogP contribution in [0.4, 0.5) is 13.2 Å². The average molecular weight is 292 g/mol. The summed E-state index contributed by atoms with van der Waals surface area (Å²) in [7, 11) is 0. The van der Waals surface area contributed by atoms with Crippen LogP contribution in [-0.4, -0.2) is 10.8 Å². The highest BCUT2D eigenvalue weighted by Crippen LogP contribution is 2.41. The summed E-state index contributed by atoms with van der Waals surface area (Å²) in [6.07, 6.45) is -4.15. The zero-order valence-electron chi connectivity index (χ0n) is 10.5. The van der Waals surface area contributed by atoms with E-state index in [1.54, 1.807) is 18.7 Å². The number of nitrogens with zero attached hydrogens (tertiary/aromatic N) is 1. The Morgan fingerprint density at radius 2 is 2.11 bits per heavy atom. The van der Waals surface area contributed by atoms with Gasteiger partial charge in [0, 0.05) is 13.0 Å². The molecule has 1 amide bonds. The van der Waals surface area contributed by atoms with E-state index in [1.807, 2.05) is 0 Å². The van der Waals surface area contributed by atoms with Crippen LogP contribution < -0.4 is 0 Å². The molecule has 1 atom stereocenters. The molecule has 0 fully saturated rings. The summed E-state index contributed by atoms with van der Waals surface area (Å²) in [6, 6.07) is 2.03. The lowest BCUT2D eigenvalue weighted by molar-refractivity contribution is -0.137. The predicted molar refractivity (Wildman–Crippen MR) is 65.7 cm³/mol. The molecule has 1 aromatic carbocycles. The molecule has 1 aliphatic heterocycles. The lowest BCUT2D eigenvalue weighted by Gasteiger charge is -2.21. The van der Waals surface area contributed by atoms with Gasteiger partial charge in [0.25, 0.3) is 0 Å². The number of carbonyl (C=O) groups is 1. The molecule has 2 rings (SSSR count). The smallest absolute Gasteiger partial charge is 0.332 e. The minimum atomic E-state index is -4.48. The number of fused-ring (bicyclic) bond motifs is 1. The Kier molecular flexibility index (Phi) is 3.51. The fourth-order valence-electron chi connectivity index (χ4n) is 2.37. The molecule has 1 aliphatic rings. The maximum Gasteiger partial charge on any atom is 0.417 e. The van der Waals surface area contributed by atoms with Crippen LogP contribution in [0.15, 0.2) is 12.1 Å². The molecule has 2 nitrogen and oxygen atoms in total. The maximum atomic E-state index is 12.8. The van der Waals surface area contributed by atoms with Crippen molar-refractivity contribution in [1.82, 2.24) is 4.90 Å². The third kappa shape index (κ3) is 2.43. The van der Waals surface area contributed by atoms with E-state index in [9.17, 15) is 18.0 Å². The summed E-state index contributed by atoms with van der Waals surface area (Å²) in [5, 5.41) is -0.316. The summed E-state index contributed by atoms with van der Waals surface area (Å²) in [4.78, 5) is 13.3. The molecule has 0 N–H and O–H groups in total. The Bertz CT molecular complexity index is 527. The minimum absolute atomic E-state index is 0.0756. The second-order valence-corrected chi connectivity index (χ2v) is 4.99. The summed E-state index contributed by atoms with van der Waals surface area (Å²) in [5.74, 6) is -0.0756. The van der Waals surface area contributed by atoms with Gasteiger partial charge in [-0.1, -0.05) is 18.5 Å². The zero-order valence-corrected chi connectivity index (χ0v) is 11.3. The fraction of sp³-hybridized carbons (Fsp3) is 0.462. The van der Waals surface area contributed by atoms with Crippen molar-refractivity contribution >= 4 is 17.5 Å². The van der Waals surface area contributed by atoms with Gasteiger partial charge in [-0.05, 0) is 30.2 Å². The van der Waals surface area contributed by atoms with E-state index < -0.39 is 11.7 Å². The van der Waals surface area contributed by atoms with Crippen LogP contribution in [0, 0.1) is 0 Å². The first-order valence-corrected chi connectivity index (χ1v) is 6.32. The largest absolute Gasteiger partial charge is 0.417 e. The van der Waals surface area contributed by atoms with Gasteiger partial charge in [-0.3, -0.25) is 4.79 Å². The molecule has 0 saturated heterocycles. The molecule has 1 unspecified atom stereocenters. The van der Waals surface area contributed by atoms with Crippen molar-refractivity contribution in [2.75, 3.05) is 0 Å². The second-order valence-electron chi connectivity index (χ2n) is 4.58. The Labute approximate surface area is 114 Å². The van der Waals surface area contributed by atoms with E-state index in [2.05, 4.69) is 0 Å². The third-order valence-corrected chi connectivity index (χ3v) is 3.73. The molecule has 1 aromatic rings. The molecule has 6 heteroatoms. The SMILES string of the molecule is CCC(=O)N1Cc2cc(Cl)c(C(F)(F)F)cc2C1C. The van der Waals surface area contributed by atoms with E-state index in [0.29, 0.717) is 24.1 Å². The monoisotopic (exact) mass is 291 g/mol. The van der Waals surface area contributed by atoms with Crippen LogP contribution >= 0.6 is 11.6 Å². The summed E-state index contributed by atoms with van der Waals surface area (Å²) < 4.78 is 38.4. The van der Waals surface area contributed by atoms with Gasteiger partial charge < -0.3 is 4.90 Å². The highest BCUT2D eigenvalue weighted by molar-refractivity contribution is 6.31. The molecule has 0 bridgehead atoms. The number of carbonyl (C=O) groups excluding carboxylic acids is 1. The Hall–Kier alpha value is -1.23. The Balaban J connectivity index is 2.45. The molecular formula is C13H13ClF3NO. The molecule has 0 spiro atoms. The molecule has 0 aromatic heterocycles. The van der Waals surface area contributed by atoms with Gasteiger partial charge >= 0.3 is 6.18 Å². The van der Waals surface area contributed by atoms with Crippen molar-refractivity contribution in [3.63, 3.8) is 0 Å².